The highest BCUT2D eigenvalue weighted by molar-refractivity contribution is 5.94. The van der Waals surface area contributed by atoms with Crippen LogP contribution < -0.4 is 49.3 Å². The molecule has 19 nitrogen and oxygen atoms in total. The predicted octanol–water partition coefficient (Wildman–Crippen LogP) is 0.108. The molecule has 0 radical (unpaired) electrons. The number of amides is 2. The van der Waals surface area contributed by atoms with Crippen molar-refractivity contribution < 1.29 is 9.59 Å². The van der Waals surface area contributed by atoms with E-state index in [1.165, 1.54) is 12.4 Å². The lowest BCUT2D eigenvalue weighted by Crippen LogP contribution is -2.33. The molecule has 3 aliphatic heterocycles. The lowest BCUT2D eigenvalue weighted by atomic mass is 10.3. The fraction of sp³-hybridized carbons (Fsp3) is 0.0714. The third kappa shape index (κ3) is 11.4. The zero-order valence-corrected chi connectivity index (χ0v) is 24.5. The molecule has 4 aromatic rings. The van der Waals surface area contributed by atoms with Gasteiger partial charge in [0.2, 0.25) is 5.95 Å². The van der Waals surface area contributed by atoms with E-state index in [1.54, 1.807) is 50.2 Å². The fourth-order valence-corrected chi connectivity index (χ4v) is 3.15. The normalized spacial score (nSPS) is 14.1. The Kier molecular flexibility index (Phi) is 13.2. The minimum atomic E-state index is -0.301. The van der Waals surface area contributed by atoms with Crippen LogP contribution in [0.5, 0.6) is 0 Å². The molecule has 0 atom stereocenters. The molecule has 3 aliphatic rings. The molecule has 0 aromatic carbocycles. The number of aromatic nitrogens is 7. The Bertz CT molecular complexity index is 1940. The van der Waals surface area contributed by atoms with E-state index in [0.29, 0.717) is 51.4 Å². The van der Waals surface area contributed by atoms with E-state index in [2.05, 4.69) is 86.2 Å². The van der Waals surface area contributed by atoms with Crippen LogP contribution in [0.3, 0.4) is 0 Å². The van der Waals surface area contributed by atoms with Crippen LogP contribution in [-0.2, 0) is 9.59 Å². The molecular formula is C28H36N16O3. The number of hydrogen-bond acceptors (Lipinski definition) is 14. The summed E-state index contributed by atoms with van der Waals surface area (Å²) < 4.78 is 0. The Morgan fingerprint density at radius 2 is 1.45 bits per heavy atom. The number of nitrogens with zero attached hydrogens (tertiary/aromatic N) is 5. The van der Waals surface area contributed by atoms with Crippen LogP contribution >= 0.6 is 0 Å². The van der Waals surface area contributed by atoms with Gasteiger partial charge in [-0.1, -0.05) is 27.2 Å². The van der Waals surface area contributed by atoms with Crippen molar-refractivity contribution in [2.24, 2.45) is 10.7 Å². The van der Waals surface area contributed by atoms with Crippen LogP contribution in [0.15, 0.2) is 108 Å². The average molecular weight is 645 g/mol. The number of pyridine rings is 1. The summed E-state index contributed by atoms with van der Waals surface area (Å²) in [7, 11) is 0. The van der Waals surface area contributed by atoms with Crippen molar-refractivity contribution in [2.75, 3.05) is 11.5 Å². The molecule has 2 amide bonds. The third-order valence-electron chi connectivity index (χ3n) is 5.29. The zero-order chi connectivity index (χ0) is 33.6. The number of nitrogen functional groups attached to an aromatic ring is 2. The van der Waals surface area contributed by atoms with Gasteiger partial charge in [0.15, 0.2) is 16.8 Å². The standard InChI is InChI=1S/C6H6N4.C6H8N2O.C5H5N5O.C5H7N3.C5H6N2O.CH4/c7-4-1-2-8-6-5(4)9-3-10-6;1-4-3-7-5(2)8-6(4)9;6-5-9-3-2(4(11)10-5)7-1-8-3;1-4-7-3-2-5(6)8-4;1-4-6-3-2-5(8)7-4;/h1-3H,(H3,7,8,9,10);3,7H,2H2,1H3,(H,8,9);1H,(H4,6,7,8,9,10,11);2-3,7H,1H2,(H2,6,8);2-3,6H,1H2,(H,7,8);1H4. The Morgan fingerprint density at radius 1 is 0.787 bits per heavy atom. The summed E-state index contributed by atoms with van der Waals surface area (Å²) in [6.45, 7) is 12.2. The molecule has 7 heterocycles. The van der Waals surface area contributed by atoms with E-state index in [0.717, 1.165) is 5.52 Å². The maximum absolute atomic E-state index is 11.0. The topological polar surface area (TPSA) is 301 Å². The second-order valence-corrected chi connectivity index (χ2v) is 8.86. The predicted molar refractivity (Wildman–Crippen MR) is 181 cm³/mol. The maximum atomic E-state index is 11.0. The summed E-state index contributed by atoms with van der Waals surface area (Å²) in [5.41, 5.74) is 19.4. The number of aliphatic imine (C=N–C) groups is 1. The summed E-state index contributed by atoms with van der Waals surface area (Å²) in [5.74, 6) is 2.00. The second-order valence-electron chi connectivity index (χ2n) is 8.86. The van der Waals surface area contributed by atoms with Crippen LogP contribution in [0.4, 0.5) is 11.6 Å². The Labute approximate surface area is 268 Å². The molecule has 7 rings (SSSR count). The van der Waals surface area contributed by atoms with Crippen LogP contribution in [0.1, 0.15) is 14.4 Å². The number of anilines is 2. The van der Waals surface area contributed by atoms with Gasteiger partial charge in [0.1, 0.15) is 28.8 Å². The molecule has 0 unspecified atom stereocenters. The molecule has 0 fully saturated rings. The molecule has 14 N–H and O–H groups in total. The average Bonchev–Trinajstić information content (AvgIpc) is 3.67. The van der Waals surface area contributed by atoms with Gasteiger partial charge in [0.05, 0.1) is 18.3 Å². The smallest absolute Gasteiger partial charge is 0.278 e. The molecule has 47 heavy (non-hydrogen) atoms. The minimum absolute atomic E-state index is 0. The van der Waals surface area contributed by atoms with Crippen molar-refractivity contribution in [3.8, 4) is 0 Å². The first kappa shape index (κ1) is 36.0. The van der Waals surface area contributed by atoms with E-state index in [1.807, 2.05) is 0 Å². The van der Waals surface area contributed by atoms with Gasteiger partial charge in [-0.2, -0.15) is 4.98 Å². The van der Waals surface area contributed by atoms with Gasteiger partial charge in [0.25, 0.3) is 17.4 Å². The number of rotatable bonds is 0. The fourth-order valence-electron chi connectivity index (χ4n) is 3.15. The molecule has 19 heteroatoms. The highest BCUT2D eigenvalue weighted by atomic mass is 16.2. The maximum Gasteiger partial charge on any atom is 0.278 e. The second kappa shape index (κ2) is 17.2. The molecule has 0 spiro atoms. The molecule has 0 bridgehead atoms. The summed E-state index contributed by atoms with van der Waals surface area (Å²) >= 11 is 0. The molecular weight excluding hydrogens is 608 g/mol. The first-order valence-electron chi connectivity index (χ1n) is 13.0. The van der Waals surface area contributed by atoms with Gasteiger partial charge >= 0.3 is 0 Å². The number of H-pyrrole nitrogens is 3. The molecule has 0 aliphatic carbocycles. The van der Waals surface area contributed by atoms with Gasteiger partial charge in [0, 0.05) is 36.4 Å². The number of hydrogen-bond donors (Lipinski definition) is 11. The van der Waals surface area contributed by atoms with Gasteiger partial charge in [-0.05, 0) is 19.1 Å². The highest BCUT2D eigenvalue weighted by Crippen LogP contribution is 2.12. The number of imidazole rings is 2. The van der Waals surface area contributed by atoms with E-state index >= 15 is 0 Å². The van der Waals surface area contributed by atoms with Crippen LogP contribution in [0, 0.1) is 0 Å². The lowest BCUT2D eigenvalue weighted by Gasteiger charge is -2.13. The molecule has 0 saturated heterocycles. The monoisotopic (exact) mass is 644 g/mol. The Morgan fingerprint density at radius 3 is 2.00 bits per heavy atom. The van der Waals surface area contributed by atoms with Crippen molar-refractivity contribution in [2.45, 2.75) is 14.4 Å². The number of carbonyl (C=O) groups excluding carboxylic acids is 2. The van der Waals surface area contributed by atoms with E-state index in [9.17, 15) is 14.4 Å². The van der Waals surface area contributed by atoms with Gasteiger partial charge in [-0.25, -0.2) is 19.9 Å². The highest BCUT2D eigenvalue weighted by Gasteiger charge is 2.08. The number of nitrogens with one attached hydrogen (secondary N) is 8. The van der Waals surface area contributed by atoms with Crippen molar-refractivity contribution in [3.63, 3.8) is 0 Å². The number of nitrogens with two attached hydrogens (primary N) is 3. The van der Waals surface area contributed by atoms with Gasteiger partial charge < -0.3 is 53.8 Å². The van der Waals surface area contributed by atoms with E-state index in [4.69, 9.17) is 17.2 Å². The first-order valence-corrected chi connectivity index (χ1v) is 13.0. The van der Waals surface area contributed by atoms with Crippen LogP contribution in [-0.4, -0.2) is 52.5 Å². The van der Waals surface area contributed by atoms with Crippen molar-refractivity contribution in [3.05, 3.63) is 109 Å². The first-order chi connectivity index (χ1) is 21.9. The minimum Gasteiger partial charge on any atom is -0.397 e. The Balaban J connectivity index is 0.000000204. The van der Waals surface area contributed by atoms with Crippen molar-refractivity contribution >= 4 is 51.6 Å². The number of amidine groups is 1. The summed E-state index contributed by atoms with van der Waals surface area (Å²) in [6, 6.07) is 1.74. The van der Waals surface area contributed by atoms with E-state index < -0.39 is 0 Å². The molecule has 4 aromatic heterocycles. The Hall–Kier alpha value is -7.18. The van der Waals surface area contributed by atoms with Crippen LogP contribution in [0.25, 0.3) is 22.3 Å². The van der Waals surface area contributed by atoms with Crippen molar-refractivity contribution in [1.82, 2.24) is 61.5 Å². The number of carbonyl (C=O) groups is 2. The molecule has 246 valence electrons. The largest absolute Gasteiger partial charge is 0.397 e. The zero-order valence-electron chi connectivity index (χ0n) is 24.5. The van der Waals surface area contributed by atoms with Gasteiger partial charge in [-0.15, -0.1) is 0 Å². The SMILES string of the molecule is C.C=C1N=C(N)C=CN1.C=C1NC=C(C)C(=O)N1.C=C1NC=CC(=O)N1.Nc1ccnc2nc[nH]c12.Nc1nc2nc[nH]c2c(=O)[nH]1. The van der Waals surface area contributed by atoms with Gasteiger partial charge in [-0.3, -0.25) is 19.4 Å². The number of fused-ring (bicyclic) bond motifs is 2. The van der Waals surface area contributed by atoms with Crippen LogP contribution in [0.2, 0.25) is 0 Å². The molecule has 0 saturated carbocycles. The summed E-state index contributed by atoms with van der Waals surface area (Å²) in [6.07, 6.45) is 12.6. The lowest BCUT2D eigenvalue weighted by molar-refractivity contribution is -0.117. The summed E-state index contributed by atoms with van der Waals surface area (Å²) in [4.78, 5) is 59.2. The third-order valence-corrected chi connectivity index (χ3v) is 5.29. The quantitative estimate of drug-likeness (QED) is 0.121. The van der Waals surface area contributed by atoms with E-state index in [-0.39, 0.29) is 30.7 Å². The van der Waals surface area contributed by atoms with Crippen molar-refractivity contribution in [1.29, 1.82) is 0 Å². The summed E-state index contributed by atoms with van der Waals surface area (Å²) in [5, 5.41) is 13.2. The number of aromatic amines is 3.